The molecule has 0 amide bonds. The molecule has 0 atom stereocenters. The number of allylic oxidation sites excluding steroid dienone is 4. The van der Waals surface area contributed by atoms with Gasteiger partial charge < -0.3 is 5.73 Å². The van der Waals surface area contributed by atoms with Crippen LogP contribution in [0.15, 0.2) is 22.2 Å². The molecule has 1 aliphatic rings. The molecule has 0 saturated heterocycles. The zero-order valence-corrected chi connectivity index (χ0v) is 14.9. The molecule has 2 N–H and O–H groups in total. The largest absolute Gasteiger partial charge is 0.402 e. The molecule has 1 rings (SSSR count). The van der Waals surface area contributed by atoms with E-state index in [1.807, 2.05) is 0 Å². The Bertz CT molecular complexity index is 376. The summed E-state index contributed by atoms with van der Waals surface area (Å²) in [5.41, 5.74) is 7.74. The third-order valence-corrected chi connectivity index (χ3v) is 8.02. The number of rotatable bonds is 2. The highest BCUT2D eigenvalue weighted by atomic mass is 28.3. The Kier molecular flexibility index (Phi) is 3.59. The average molecular weight is 268 g/mol. The lowest BCUT2D eigenvalue weighted by atomic mass is 9.82. The Balaban J connectivity index is 3.37. The van der Waals surface area contributed by atoms with Crippen LogP contribution in [0.3, 0.4) is 0 Å². The third kappa shape index (κ3) is 3.13. The fourth-order valence-corrected chi connectivity index (χ4v) is 5.79. The smallest absolute Gasteiger partial charge is 0.0798 e. The molecule has 0 heterocycles. The van der Waals surface area contributed by atoms with Crippen molar-refractivity contribution in [2.45, 2.75) is 59.6 Å². The fourth-order valence-electron chi connectivity index (χ4n) is 2.34. The number of nitrogens with two attached hydrogens (primary N) is 1. The summed E-state index contributed by atoms with van der Waals surface area (Å²) in [6.07, 6.45) is 3.63. The van der Waals surface area contributed by atoms with E-state index in [0.717, 1.165) is 12.1 Å². The van der Waals surface area contributed by atoms with Gasteiger partial charge >= 0.3 is 0 Å². The van der Waals surface area contributed by atoms with E-state index in [2.05, 4.69) is 59.2 Å². The maximum atomic E-state index is 6.43. The molecule has 0 bridgehead atoms. The summed E-state index contributed by atoms with van der Waals surface area (Å²) < 4.78 is 0. The zero-order valence-electron chi connectivity index (χ0n) is 12.9. The minimum absolute atomic E-state index is 0.153. The SMILES string of the molecule is CC1(C)CC([Si](C)(C)C)=CC([Si](C)(C)C)=C1N. The molecular weight excluding hydrogens is 238 g/mol. The van der Waals surface area contributed by atoms with E-state index in [9.17, 15) is 0 Å². The Labute approximate surface area is 109 Å². The van der Waals surface area contributed by atoms with Crippen molar-refractivity contribution in [1.82, 2.24) is 0 Å². The van der Waals surface area contributed by atoms with Crippen molar-refractivity contribution in [3.8, 4) is 0 Å². The van der Waals surface area contributed by atoms with Crippen LogP contribution in [0.1, 0.15) is 20.3 Å². The molecule has 0 radical (unpaired) electrons. The van der Waals surface area contributed by atoms with E-state index in [0.29, 0.717) is 0 Å². The van der Waals surface area contributed by atoms with Gasteiger partial charge in [-0.15, -0.1) is 0 Å². The summed E-state index contributed by atoms with van der Waals surface area (Å²) in [4.78, 5) is 0. The topological polar surface area (TPSA) is 26.0 Å². The highest BCUT2D eigenvalue weighted by Gasteiger charge is 2.36. The maximum Gasteiger partial charge on any atom is 0.0798 e. The lowest BCUT2D eigenvalue weighted by Gasteiger charge is -2.39. The van der Waals surface area contributed by atoms with Crippen molar-refractivity contribution in [1.29, 1.82) is 0 Å². The minimum atomic E-state index is -1.33. The summed E-state index contributed by atoms with van der Waals surface area (Å²) in [6, 6.07) is 0. The standard InChI is InChI=1S/C14H29NSi2/c1-14(2)10-11(16(3,4)5)9-12(13(14)15)17(6,7)8/h9H,10,15H2,1-8H3. The molecule has 0 saturated carbocycles. The van der Waals surface area contributed by atoms with Gasteiger partial charge in [-0.05, 0) is 11.6 Å². The molecule has 1 nitrogen and oxygen atoms in total. The molecule has 0 aromatic heterocycles. The van der Waals surface area contributed by atoms with E-state index in [1.165, 1.54) is 5.20 Å². The van der Waals surface area contributed by atoms with Gasteiger partial charge in [-0.25, -0.2) is 0 Å². The van der Waals surface area contributed by atoms with Gasteiger partial charge in [0.2, 0.25) is 0 Å². The van der Waals surface area contributed by atoms with Crippen LogP contribution >= 0.6 is 0 Å². The lowest BCUT2D eigenvalue weighted by Crippen LogP contribution is -2.39. The Hall–Kier alpha value is -0.286. The number of hydrogen-bond acceptors (Lipinski definition) is 1. The van der Waals surface area contributed by atoms with Gasteiger partial charge in [0.1, 0.15) is 0 Å². The first-order valence-electron chi connectivity index (χ1n) is 6.57. The Morgan fingerprint density at radius 2 is 1.47 bits per heavy atom. The summed E-state index contributed by atoms with van der Waals surface area (Å²) >= 11 is 0. The molecule has 0 unspecified atom stereocenters. The Morgan fingerprint density at radius 1 is 1.00 bits per heavy atom. The van der Waals surface area contributed by atoms with Gasteiger partial charge in [-0.3, -0.25) is 0 Å². The summed E-state index contributed by atoms with van der Waals surface area (Å²) in [5, 5.41) is 3.18. The highest BCUT2D eigenvalue weighted by molar-refractivity contribution is 6.86. The van der Waals surface area contributed by atoms with E-state index in [4.69, 9.17) is 5.73 Å². The van der Waals surface area contributed by atoms with Crippen LogP contribution in [0, 0.1) is 5.41 Å². The van der Waals surface area contributed by atoms with Crippen LogP contribution in [0.5, 0.6) is 0 Å². The summed E-state index contributed by atoms with van der Waals surface area (Å²) in [5.74, 6) is 0. The van der Waals surface area contributed by atoms with Crippen LogP contribution < -0.4 is 5.73 Å². The molecule has 0 fully saturated rings. The second-order valence-corrected chi connectivity index (χ2v) is 18.2. The molecule has 0 aromatic rings. The normalized spacial score (nSPS) is 21.5. The van der Waals surface area contributed by atoms with Gasteiger partial charge in [-0.2, -0.15) is 0 Å². The molecule has 98 valence electrons. The van der Waals surface area contributed by atoms with Crippen LogP contribution in [-0.2, 0) is 0 Å². The molecule has 0 aliphatic heterocycles. The van der Waals surface area contributed by atoms with E-state index in [1.54, 1.807) is 5.20 Å². The van der Waals surface area contributed by atoms with Crippen LogP contribution in [0.4, 0.5) is 0 Å². The summed E-state index contributed by atoms with van der Waals surface area (Å²) in [6.45, 7) is 19.1. The quantitative estimate of drug-likeness (QED) is 0.741. The van der Waals surface area contributed by atoms with Crippen molar-refractivity contribution in [2.75, 3.05) is 0 Å². The molecule has 1 aliphatic carbocycles. The van der Waals surface area contributed by atoms with Crippen molar-refractivity contribution in [3.05, 3.63) is 22.2 Å². The first kappa shape index (κ1) is 14.8. The lowest BCUT2D eigenvalue weighted by molar-refractivity contribution is 0.435. The van der Waals surface area contributed by atoms with E-state index < -0.39 is 16.1 Å². The monoisotopic (exact) mass is 267 g/mol. The Morgan fingerprint density at radius 3 is 1.82 bits per heavy atom. The van der Waals surface area contributed by atoms with Gasteiger partial charge in [0.25, 0.3) is 0 Å². The molecule has 0 aromatic carbocycles. The predicted molar refractivity (Wildman–Crippen MR) is 84.4 cm³/mol. The average Bonchev–Trinajstić information content (AvgIpc) is 2.05. The molecule has 17 heavy (non-hydrogen) atoms. The number of hydrogen-bond donors (Lipinski definition) is 1. The van der Waals surface area contributed by atoms with Crippen LogP contribution in [0.2, 0.25) is 39.3 Å². The van der Waals surface area contributed by atoms with Crippen molar-refractivity contribution < 1.29 is 0 Å². The van der Waals surface area contributed by atoms with Crippen LogP contribution in [0.25, 0.3) is 0 Å². The molecular formula is C14H29NSi2. The van der Waals surface area contributed by atoms with Gasteiger partial charge in [0.15, 0.2) is 0 Å². The van der Waals surface area contributed by atoms with Gasteiger partial charge in [-0.1, -0.05) is 64.4 Å². The van der Waals surface area contributed by atoms with Gasteiger partial charge in [0, 0.05) is 11.1 Å². The molecule has 0 spiro atoms. The maximum absolute atomic E-state index is 6.43. The van der Waals surface area contributed by atoms with E-state index >= 15 is 0 Å². The predicted octanol–water partition coefficient (Wildman–Crippen LogP) is 4.31. The highest BCUT2D eigenvalue weighted by Crippen LogP contribution is 2.42. The van der Waals surface area contributed by atoms with Crippen molar-refractivity contribution in [3.63, 3.8) is 0 Å². The fraction of sp³-hybridized carbons (Fsp3) is 0.714. The third-order valence-electron chi connectivity index (χ3n) is 3.74. The second-order valence-electron chi connectivity index (χ2n) is 8.06. The summed E-state index contributed by atoms with van der Waals surface area (Å²) in [7, 11) is -2.53. The zero-order chi connectivity index (χ0) is 13.6. The van der Waals surface area contributed by atoms with Gasteiger partial charge in [0.05, 0.1) is 16.1 Å². The first-order valence-corrected chi connectivity index (χ1v) is 13.6. The first-order chi connectivity index (χ1) is 7.36. The minimum Gasteiger partial charge on any atom is -0.402 e. The van der Waals surface area contributed by atoms with Crippen molar-refractivity contribution in [2.24, 2.45) is 11.1 Å². The van der Waals surface area contributed by atoms with Crippen LogP contribution in [-0.4, -0.2) is 16.1 Å². The molecule has 3 heteroatoms. The van der Waals surface area contributed by atoms with Crippen molar-refractivity contribution >= 4 is 16.1 Å². The second kappa shape index (κ2) is 4.13. The van der Waals surface area contributed by atoms with E-state index in [-0.39, 0.29) is 5.41 Å².